The van der Waals surface area contributed by atoms with Gasteiger partial charge < -0.3 is 5.32 Å². The van der Waals surface area contributed by atoms with Gasteiger partial charge in [0.15, 0.2) is 5.82 Å². The molecule has 0 aliphatic carbocycles. The summed E-state index contributed by atoms with van der Waals surface area (Å²) in [6.07, 6.45) is 3.23. The maximum atomic E-state index is 4.72. The summed E-state index contributed by atoms with van der Waals surface area (Å²) in [5, 5.41) is 8.36. The van der Waals surface area contributed by atoms with Crippen molar-refractivity contribution in [2.75, 3.05) is 0 Å². The highest BCUT2D eigenvalue weighted by molar-refractivity contribution is 7.12. The lowest BCUT2D eigenvalue weighted by Gasteiger charge is -2.26. The zero-order chi connectivity index (χ0) is 15.0. The summed E-state index contributed by atoms with van der Waals surface area (Å²) in [5.74, 6) is 2.09. The lowest BCUT2D eigenvalue weighted by atomic mass is 10.0. The molecule has 21 heavy (non-hydrogen) atoms. The van der Waals surface area contributed by atoms with E-state index in [2.05, 4.69) is 48.9 Å². The molecule has 0 fully saturated rings. The standard InChI is InChI=1S/C16H24N4S/c1-5-15-18-16-14(7-6-8-20(16)19-15)17-11(3)13-9-10(2)21-12(13)4/h9,11,14,17H,5-8H2,1-4H3/t11-,14+/m1/s1. The van der Waals surface area contributed by atoms with Crippen molar-refractivity contribution in [3.8, 4) is 0 Å². The number of nitrogens with zero attached hydrogens (tertiary/aromatic N) is 3. The summed E-state index contributed by atoms with van der Waals surface area (Å²) in [7, 11) is 0. The minimum Gasteiger partial charge on any atom is -0.301 e. The Bertz CT molecular complexity index is 628. The van der Waals surface area contributed by atoms with Gasteiger partial charge in [-0.15, -0.1) is 11.3 Å². The molecule has 2 aromatic rings. The number of aromatic nitrogens is 3. The second-order valence-electron chi connectivity index (χ2n) is 5.91. The van der Waals surface area contributed by atoms with Crippen LogP contribution in [0.5, 0.6) is 0 Å². The lowest BCUT2D eigenvalue weighted by Crippen LogP contribution is -2.30. The van der Waals surface area contributed by atoms with E-state index in [0.717, 1.165) is 31.0 Å². The van der Waals surface area contributed by atoms with E-state index in [4.69, 9.17) is 4.98 Å². The minimum absolute atomic E-state index is 0.321. The first-order chi connectivity index (χ1) is 10.1. The van der Waals surface area contributed by atoms with Crippen LogP contribution in [-0.2, 0) is 13.0 Å². The van der Waals surface area contributed by atoms with Gasteiger partial charge in [-0.1, -0.05) is 6.92 Å². The average molecular weight is 304 g/mol. The molecule has 0 aromatic carbocycles. The third-order valence-electron chi connectivity index (χ3n) is 4.23. The van der Waals surface area contributed by atoms with Gasteiger partial charge in [0.2, 0.25) is 0 Å². The molecule has 4 nitrogen and oxygen atoms in total. The predicted octanol–water partition coefficient (Wildman–Crippen LogP) is 3.70. The number of hydrogen-bond donors (Lipinski definition) is 1. The molecule has 2 atom stereocenters. The number of thiophene rings is 1. The van der Waals surface area contributed by atoms with E-state index in [0.29, 0.717) is 12.1 Å². The van der Waals surface area contributed by atoms with E-state index in [1.165, 1.54) is 21.7 Å². The molecule has 0 saturated heterocycles. The summed E-state index contributed by atoms with van der Waals surface area (Å²) in [4.78, 5) is 7.52. The first kappa shape index (κ1) is 14.7. The summed E-state index contributed by atoms with van der Waals surface area (Å²) in [5.41, 5.74) is 1.42. The Morgan fingerprint density at radius 3 is 2.95 bits per heavy atom. The van der Waals surface area contributed by atoms with E-state index >= 15 is 0 Å². The van der Waals surface area contributed by atoms with Crippen LogP contribution in [0.25, 0.3) is 0 Å². The average Bonchev–Trinajstić information content (AvgIpc) is 3.02. The maximum absolute atomic E-state index is 4.72. The zero-order valence-electron chi connectivity index (χ0n) is 13.3. The van der Waals surface area contributed by atoms with Crippen LogP contribution in [0.2, 0.25) is 0 Å². The molecule has 114 valence electrons. The van der Waals surface area contributed by atoms with Crippen molar-refractivity contribution >= 4 is 11.3 Å². The fourth-order valence-corrected chi connectivity index (χ4v) is 4.20. The SMILES string of the molecule is CCc1nc2n(n1)CCC[C@@H]2N[C@H](C)c1cc(C)sc1C. The lowest BCUT2D eigenvalue weighted by molar-refractivity contribution is 0.344. The normalized spacial score (nSPS) is 19.5. The number of fused-ring (bicyclic) bond motifs is 1. The van der Waals surface area contributed by atoms with Crippen molar-refractivity contribution in [3.05, 3.63) is 33.0 Å². The highest BCUT2D eigenvalue weighted by Gasteiger charge is 2.26. The second-order valence-corrected chi connectivity index (χ2v) is 7.38. The largest absolute Gasteiger partial charge is 0.301 e. The van der Waals surface area contributed by atoms with E-state index in [9.17, 15) is 0 Å². The van der Waals surface area contributed by atoms with Crippen molar-refractivity contribution < 1.29 is 0 Å². The van der Waals surface area contributed by atoms with Gasteiger partial charge in [0, 0.05) is 28.8 Å². The molecule has 1 aliphatic heterocycles. The highest BCUT2D eigenvalue weighted by Crippen LogP contribution is 2.30. The zero-order valence-corrected chi connectivity index (χ0v) is 14.1. The van der Waals surface area contributed by atoms with Crippen LogP contribution in [0, 0.1) is 13.8 Å². The number of aryl methyl sites for hydroxylation is 4. The van der Waals surface area contributed by atoms with Gasteiger partial charge in [0.05, 0.1) is 6.04 Å². The van der Waals surface area contributed by atoms with Crippen LogP contribution < -0.4 is 5.32 Å². The minimum atomic E-state index is 0.321. The van der Waals surface area contributed by atoms with Gasteiger partial charge in [-0.25, -0.2) is 9.67 Å². The first-order valence-corrected chi connectivity index (χ1v) is 8.66. The predicted molar refractivity (Wildman–Crippen MR) is 86.7 cm³/mol. The Morgan fingerprint density at radius 2 is 2.29 bits per heavy atom. The Hall–Kier alpha value is -1.20. The van der Waals surface area contributed by atoms with Crippen molar-refractivity contribution in [2.45, 2.75) is 65.6 Å². The van der Waals surface area contributed by atoms with Crippen molar-refractivity contribution in [2.24, 2.45) is 0 Å². The van der Waals surface area contributed by atoms with Crippen molar-refractivity contribution in [3.63, 3.8) is 0 Å². The Balaban J connectivity index is 1.80. The molecule has 0 unspecified atom stereocenters. The molecule has 0 bridgehead atoms. The van der Waals surface area contributed by atoms with E-state index < -0.39 is 0 Å². The van der Waals surface area contributed by atoms with E-state index in [-0.39, 0.29) is 0 Å². The number of rotatable bonds is 4. The van der Waals surface area contributed by atoms with Gasteiger partial charge in [-0.2, -0.15) is 5.10 Å². The van der Waals surface area contributed by atoms with E-state index in [1.807, 2.05) is 11.3 Å². The van der Waals surface area contributed by atoms with Gasteiger partial charge in [-0.05, 0) is 45.2 Å². The van der Waals surface area contributed by atoms with Gasteiger partial charge in [-0.3, -0.25) is 0 Å². The van der Waals surface area contributed by atoms with E-state index in [1.54, 1.807) is 0 Å². The molecule has 0 amide bonds. The molecule has 3 heterocycles. The van der Waals surface area contributed by atoms with Crippen molar-refractivity contribution in [1.82, 2.24) is 20.1 Å². The molecular formula is C16H24N4S. The van der Waals surface area contributed by atoms with Gasteiger partial charge in [0.25, 0.3) is 0 Å². The topological polar surface area (TPSA) is 42.7 Å². The fraction of sp³-hybridized carbons (Fsp3) is 0.625. The van der Waals surface area contributed by atoms with Crippen LogP contribution in [0.15, 0.2) is 6.07 Å². The summed E-state index contributed by atoms with van der Waals surface area (Å²) < 4.78 is 2.10. The summed E-state index contributed by atoms with van der Waals surface area (Å²) >= 11 is 1.88. The molecular weight excluding hydrogens is 280 g/mol. The van der Waals surface area contributed by atoms with Crippen LogP contribution in [0.1, 0.15) is 65.7 Å². The monoisotopic (exact) mass is 304 g/mol. The fourth-order valence-electron chi connectivity index (χ4n) is 3.18. The van der Waals surface area contributed by atoms with Crippen LogP contribution in [0.3, 0.4) is 0 Å². The first-order valence-electron chi connectivity index (χ1n) is 7.85. The molecule has 1 N–H and O–H groups in total. The molecule has 0 saturated carbocycles. The maximum Gasteiger partial charge on any atom is 0.150 e. The van der Waals surface area contributed by atoms with Crippen LogP contribution in [-0.4, -0.2) is 14.8 Å². The molecule has 0 spiro atoms. The highest BCUT2D eigenvalue weighted by atomic mass is 32.1. The summed E-state index contributed by atoms with van der Waals surface area (Å²) in [6, 6.07) is 2.98. The molecule has 0 radical (unpaired) electrons. The second kappa shape index (κ2) is 5.89. The molecule has 2 aromatic heterocycles. The number of nitrogens with one attached hydrogen (secondary N) is 1. The third kappa shape index (κ3) is 2.90. The van der Waals surface area contributed by atoms with Crippen molar-refractivity contribution in [1.29, 1.82) is 0 Å². The Kier molecular flexibility index (Phi) is 4.13. The third-order valence-corrected chi connectivity index (χ3v) is 5.21. The quantitative estimate of drug-likeness (QED) is 0.936. The molecule has 5 heteroatoms. The smallest absolute Gasteiger partial charge is 0.150 e. The molecule has 3 rings (SSSR count). The molecule has 1 aliphatic rings. The van der Waals surface area contributed by atoms with Gasteiger partial charge in [0.1, 0.15) is 5.82 Å². The Morgan fingerprint density at radius 1 is 1.48 bits per heavy atom. The summed E-state index contributed by atoms with van der Waals surface area (Å²) in [6.45, 7) is 9.77. The number of hydrogen-bond acceptors (Lipinski definition) is 4. The van der Waals surface area contributed by atoms with Crippen LogP contribution >= 0.6 is 11.3 Å². The van der Waals surface area contributed by atoms with Crippen LogP contribution in [0.4, 0.5) is 0 Å². The van der Waals surface area contributed by atoms with Gasteiger partial charge >= 0.3 is 0 Å². The Labute approximate surface area is 130 Å².